The SMILES string of the molecule is c1ccc2c(-c3c4ccccc4c(-c4ncncn4)c4ccccc34)cccc2c1. The lowest BCUT2D eigenvalue weighted by Crippen LogP contribution is -1.95. The molecule has 0 saturated carbocycles. The Morgan fingerprint density at radius 2 is 0.933 bits per heavy atom. The molecule has 0 bridgehead atoms. The molecule has 0 saturated heterocycles. The fourth-order valence-corrected chi connectivity index (χ4v) is 4.47. The van der Waals surface area contributed by atoms with Crippen molar-refractivity contribution >= 4 is 32.3 Å². The van der Waals surface area contributed by atoms with E-state index in [1.165, 1.54) is 32.7 Å². The van der Waals surface area contributed by atoms with Crippen molar-refractivity contribution in [3.05, 3.63) is 104 Å². The fraction of sp³-hybridized carbons (Fsp3) is 0. The Balaban J connectivity index is 1.85. The smallest absolute Gasteiger partial charge is 0.163 e. The van der Waals surface area contributed by atoms with Crippen molar-refractivity contribution in [3.63, 3.8) is 0 Å². The molecule has 0 radical (unpaired) electrons. The average molecular weight is 383 g/mol. The van der Waals surface area contributed by atoms with Crippen LogP contribution in [0.2, 0.25) is 0 Å². The molecular weight excluding hydrogens is 366 g/mol. The number of aromatic nitrogens is 3. The van der Waals surface area contributed by atoms with E-state index in [1.807, 2.05) is 0 Å². The van der Waals surface area contributed by atoms with E-state index in [9.17, 15) is 0 Å². The van der Waals surface area contributed by atoms with Crippen LogP contribution in [0.25, 0.3) is 54.8 Å². The van der Waals surface area contributed by atoms with Crippen LogP contribution in [0, 0.1) is 0 Å². The van der Waals surface area contributed by atoms with Crippen molar-refractivity contribution in [1.29, 1.82) is 0 Å². The van der Waals surface area contributed by atoms with Crippen LogP contribution in [0.4, 0.5) is 0 Å². The second-order valence-corrected chi connectivity index (χ2v) is 7.33. The zero-order chi connectivity index (χ0) is 19.9. The van der Waals surface area contributed by atoms with Crippen molar-refractivity contribution in [2.24, 2.45) is 0 Å². The summed E-state index contributed by atoms with van der Waals surface area (Å²) in [4.78, 5) is 13.0. The molecule has 6 aromatic rings. The Morgan fingerprint density at radius 1 is 0.433 bits per heavy atom. The van der Waals surface area contributed by atoms with Gasteiger partial charge in [0.15, 0.2) is 5.82 Å². The largest absolute Gasteiger partial charge is 0.225 e. The van der Waals surface area contributed by atoms with E-state index in [2.05, 4.69) is 106 Å². The highest BCUT2D eigenvalue weighted by molar-refractivity contribution is 6.22. The number of rotatable bonds is 2. The lowest BCUT2D eigenvalue weighted by atomic mass is 9.86. The van der Waals surface area contributed by atoms with E-state index in [0.29, 0.717) is 5.82 Å². The minimum atomic E-state index is 0.696. The third-order valence-corrected chi connectivity index (χ3v) is 5.71. The number of nitrogens with zero attached hydrogens (tertiary/aromatic N) is 3. The van der Waals surface area contributed by atoms with Crippen LogP contribution in [0.3, 0.4) is 0 Å². The molecule has 5 aromatic carbocycles. The molecule has 0 N–H and O–H groups in total. The monoisotopic (exact) mass is 383 g/mol. The molecule has 0 spiro atoms. The second-order valence-electron chi connectivity index (χ2n) is 7.33. The predicted octanol–water partition coefficient (Wildman–Crippen LogP) is 6.67. The van der Waals surface area contributed by atoms with Gasteiger partial charge in [-0.15, -0.1) is 0 Å². The van der Waals surface area contributed by atoms with Crippen LogP contribution >= 0.6 is 0 Å². The zero-order valence-electron chi connectivity index (χ0n) is 16.2. The number of hydrogen-bond acceptors (Lipinski definition) is 3. The zero-order valence-corrected chi connectivity index (χ0v) is 16.2. The number of hydrogen-bond donors (Lipinski definition) is 0. The first-order valence-electron chi connectivity index (χ1n) is 9.96. The molecule has 0 amide bonds. The molecule has 0 aliphatic heterocycles. The molecule has 3 heteroatoms. The highest BCUT2D eigenvalue weighted by Crippen LogP contribution is 2.44. The predicted molar refractivity (Wildman–Crippen MR) is 123 cm³/mol. The van der Waals surface area contributed by atoms with E-state index in [0.717, 1.165) is 16.3 Å². The summed E-state index contributed by atoms with van der Waals surface area (Å²) in [6, 6.07) is 32.2. The average Bonchev–Trinajstić information content (AvgIpc) is 2.83. The maximum absolute atomic E-state index is 4.48. The molecule has 0 aliphatic carbocycles. The summed E-state index contributed by atoms with van der Waals surface area (Å²) >= 11 is 0. The molecule has 30 heavy (non-hydrogen) atoms. The van der Waals surface area contributed by atoms with Crippen LogP contribution in [0.5, 0.6) is 0 Å². The summed E-state index contributed by atoms with van der Waals surface area (Å²) in [5.41, 5.74) is 3.53. The Morgan fingerprint density at radius 3 is 1.57 bits per heavy atom. The van der Waals surface area contributed by atoms with Crippen LogP contribution in [0.1, 0.15) is 0 Å². The first kappa shape index (κ1) is 16.8. The van der Waals surface area contributed by atoms with Gasteiger partial charge in [0.2, 0.25) is 0 Å². The van der Waals surface area contributed by atoms with Gasteiger partial charge in [-0.3, -0.25) is 0 Å². The topological polar surface area (TPSA) is 38.7 Å². The van der Waals surface area contributed by atoms with Gasteiger partial charge in [-0.05, 0) is 43.4 Å². The highest BCUT2D eigenvalue weighted by atomic mass is 15.0. The molecule has 0 unspecified atom stereocenters. The molecule has 1 heterocycles. The Kier molecular flexibility index (Phi) is 3.78. The quantitative estimate of drug-likeness (QED) is 0.314. The molecule has 0 atom stereocenters. The summed E-state index contributed by atoms with van der Waals surface area (Å²) < 4.78 is 0. The Hall–Kier alpha value is -4.11. The lowest BCUT2D eigenvalue weighted by Gasteiger charge is -2.17. The molecule has 3 nitrogen and oxygen atoms in total. The van der Waals surface area contributed by atoms with Crippen molar-refractivity contribution in [2.45, 2.75) is 0 Å². The van der Waals surface area contributed by atoms with Crippen molar-refractivity contribution in [2.75, 3.05) is 0 Å². The van der Waals surface area contributed by atoms with Crippen molar-refractivity contribution < 1.29 is 0 Å². The van der Waals surface area contributed by atoms with Crippen LogP contribution in [-0.2, 0) is 0 Å². The Bertz CT molecular complexity index is 1480. The second kappa shape index (κ2) is 6.75. The molecule has 1 aromatic heterocycles. The summed E-state index contributed by atoms with van der Waals surface area (Å²) in [7, 11) is 0. The minimum absolute atomic E-state index is 0.696. The van der Waals surface area contributed by atoms with E-state index in [-0.39, 0.29) is 0 Å². The van der Waals surface area contributed by atoms with E-state index >= 15 is 0 Å². The van der Waals surface area contributed by atoms with Gasteiger partial charge in [0, 0.05) is 5.56 Å². The maximum Gasteiger partial charge on any atom is 0.163 e. The third-order valence-electron chi connectivity index (χ3n) is 5.71. The highest BCUT2D eigenvalue weighted by Gasteiger charge is 2.18. The summed E-state index contributed by atoms with van der Waals surface area (Å²) in [6.45, 7) is 0. The van der Waals surface area contributed by atoms with Gasteiger partial charge in [-0.1, -0.05) is 91.0 Å². The Labute approximate surface area is 173 Å². The van der Waals surface area contributed by atoms with Crippen LogP contribution in [0.15, 0.2) is 104 Å². The first-order valence-corrected chi connectivity index (χ1v) is 9.96. The van der Waals surface area contributed by atoms with E-state index in [4.69, 9.17) is 0 Å². The standard InChI is InChI=1S/C27H17N3/c1-2-10-19-18(8-1)9-7-15-20(19)25-21-11-3-5-13-23(21)26(27-29-16-28-17-30-27)24-14-6-4-12-22(24)25/h1-17H. The van der Waals surface area contributed by atoms with E-state index in [1.54, 1.807) is 12.7 Å². The van der Waals surface area contributed by atoms with E-state index < -0.39 is 0 Å². The normalized spacial score (nSPS) is 11.3. The molecule has 0 aliphatic rings. The number of fused-ring (bicyclic) bond motifs is 3. The third kappa shape index (κ3) is 2.49. The molecule has 140 valence electrons. The molecular formula is C27H17N3. The summed E-state index contributed by atoms with van der Waals surface area (Å²) in [5.74, 6) is 0.696. The van der Waals surface area contributed by atoms with Gasteiger partial charge in [0.25, 0.3) is 0 Å². The van der Waals surface area contributed by atoms with Gasteiger partial charge in [-0.2, -0.15) is 0 Å². The lowest BCUT2D eigenvalue weighted by molar-refractivity contribution is 1.06. The van der Waals surface area contributed by atoms with Gasteiger partial charge in [0.1, 0.15) is 12.7 Å². The molecule has 0 fully saturated rings. The maximum atomic E-state index is 4.48. The summed E-state index contributed by atoms with van der Waals surface area (Å²) in [5, 5.41) is 7.18. The van der Waals surface area contributed by atoms with Gasteiger partial charge < -0.3 is 0 Å². The van der Waals surface area contributed by atoms with Crippen molar-refractivity contribution in [1.82, 2.24) is 15.0 Å². The first-order chi connectivity index (χ1) is 14.9. The van der Waals surface area contributed by atoms with Crippen molar-refractivity contribution in [3.8, 4) is 22.5 Å². The van der Waals surface area contributed by atoms with Crippen LogP contribution in [-0.4, -0.2) is 15.0 Å². The van der Waals surface area contributed by atoms with Gasteiger partial charge in [0.05, 0.1) is 0 Å². The minimum Gasteiger partial charge on any atom is -0.225 e. The van der Waals surface area contributed by atoms with Gasteiger partial charge in [-0.25, -0.2) is 15.0 Å². The van der Waals surface area contributed by atoms with Crippen LogP contribution < -0.4 is 0 Å². The summed E-state index contributed by atoms with van der Waals surface area (Å²) in [6.07, 6.45) is 3.12. The number of benzene rings is 5. The fourth-order valence-electron chi connectivity index (χ4n) is 4.47. The molecule has 6 rings (SSSR count). The van der Waals surface area contributed by atoms with Gasteiger partial charge >= 0.3 is 0 Å².